The third-order valence-electron chi connectivity index (χ3n) is 2.51. The fraction of sp³-hybridized carbons (Fsp3) is 0.417. The molecule has 0 aliphatic carbocycles. The van der Waals surface area contributed by atoms with Crippen molar-refractivity contribution in [2.24, 2.45) is 5.73 Å². The number of nitrogens with two attached hydrogens (primary N) is 1. The van der Waals surface area contributed by atoms with E-state index in [0.717, 1.165) is 25.0 Å². The molecule has 17 heavy (non-hydrogen) atoms. The van der Waals surface area contributed by atoms with Crippen LogP contribution in [0, 0.1) is 17.5 Å². The molecular formula is C12H14F3NO. The van der Waals surface area contributed by atoms with Gasteiger partial charge in [-0.15, -0.1) is 0 Å². The van der Waals surface area contributed by atoms with Crippen LogP contribution in [0.5, 0.6) is 0 Å². The fourth-order valence-corrected chi connectivity index (χ4v) is 1.47. The molecule has 1 atom stereocenters. The molecule has 0 aliphatic rings. The van der Waals surface area contributed by atoms with E-state index in [-0.39, 0.29) is 0 Å². The van der Waals surface area contributed by atoms with Gasteiger partial charge < -0.3 is 5.73 Å². The van der Waals surface area contributed by atoms with E-state index in [4.69, 9.17) is 5.73 Å². The van der Waals surface area contributed by atoms with E-state index in [9.17, 15) is 18.0 Å². The summed E-state index contributed by atoms with van der Waals surface area (Å²) in [6.07, 6.45) is 1.97. The molecular weight excluding hydrogens is 231 g/mol. The number of hydrogen-bond acceptors (Lipinski definition) is 2. The van der Waals surface area contributed by atoms with E-state index in [1.165, 1.54) is 0 Å². The van der Waals surface area contributed by atoms with E-state index >= 15 is 0 Å². The minimum absolute atomic E-state index is 0.397. The molecule has 1 aromatic carbocycles. The molecule has 0 radical (unpaired) electrons. The van der Waals surface area contributed by atoms with E-state index in [2.05, 4.69) is 0 Å². The third-order valence-corrected chi connectivity index (χ3v) is 2.51. The second-order valence-corrected chi connectivity index (χ2v) is 3.84. The number of ketones is 1. The molecule has 1 rings (SSSR count). The predicted molar refractivity (Wildman–Crippen MR) is 58.1 cm³/mol. The standard InChI is InChI=1S/C12H14F3NO/c1-2-3-4-9(16)12(17)7-5-6-8(13)11(15)10(7)14/h5-6,9H,2-4,16H2,1H3. The van der Waals surface area contributed by atoms with Gasteiger partial charge in [0.2, 0.25) is 0 Å². The summed E-state index contributed by atoms with van der Waals surface area (Å²) in [5, 5.41) is 0. The van der Waals surface area contributed by atoms with Crippen LogP contribution >= 0.6 is 0 Å². The number of rotatable bonds is 5. The van der Waals surface area contributed by atoms with Gasteiger partial charge in [-0.1, -0.05) is 19.8 Å². The molecule has 0 saturated heterocycles. The quantitative estimate of drug-likeness (QED) is 0.640. The molecule has 1 aromatic rings. The first kappa shape index (κ1) is 13.7. The van der Waals surface area contributed by atoms with Crippen LogP contribution in [-0.4, -0.2) is 11.8 Å². The molecule has 1 unspecified atom stereocenters. The van der Waals surface area contributed by atoms with Crippen LogP contribution in [0.2, 0.25) is 0 Å². The molecule has 0 spiro atoms. The monoisotopic (exact) mass is 245 g/mol. The van der Waals surface area contributed by atoms with E-state index in [1.807, 2.05) is 6.92 Å². The maximum absolute atomic E-state index is 13.3. The molecule has 0 aromatic heterocycles. The lowest BCUT2D eigenvalue weighted by Crippen LogP contribution is -2.31. The summed E-state index contributed by atoms with van der Waals surface area (Å²) < 4.78 is 38.9. The number of carbonyl (C=O) groups is 1. The van der Waals surface area contributed by atoms with Crippen molar-refractivity contribution < 1.29 is 18.0 Å². The second kappa shape index (κ2) is 5.82. The Morgan fingerprint density at radius 2 is 1.94 bits per heavy atom. The van der Waals surface area contributed by atoms with Crippen molar-refractivity contribution in [3.63, 3.8) is 0 Å². The highest BCUT2D eigenvalue weighted by molar-refractivity contribution is 6.00. The van der Waals surface area contributed by atoms with Gasteiger partial charge in [-0.25, -0.2) is 13.2 Å². The van der Waals surface area contributed by atoms with Crippen molar-refractivity contribution in [3.8, 4) is 0 Å². The van der Waals surface area contributed by atoms with Gasteiger partial charge >= 0.3 is 0 Å². The lowest BCUT2D eigenvalue weighted by atomic mass is 9.99. The Bertz CT molecular complexity index is 420. The summed E-state index contributed by atoms with van der Waals surface area (Å²) in [6.45, 7) is 1.93. The molecule has 0 amide bonds. The van der Waals surface area contributed by atoms with Gasteiger partial charge in [0, 0.05) is 0 Å². The zero-order valence-corrected chi connectivity index (χ0v) is 9.47. The van der Waals surface area contributed by atoms with Crippen molar-refractivity contribution >= 4 is 5.78 Å². The summed E-state index contributed by atoms with van der Waals surface area (Å²) in [7, 11) is 0. The van der Waals surface area contributed by atoms with Crippen LogP contribution < -0.4 is 5.73 Å². The molecule has 0 heterocycles. The first-order chi connectivity index (χ1) is 7.99. The Kier molecular flexibility index (Phi) is 4.69. The lowest BCUT2D eigenvalue weighted by Gasteiger charge is -2.10. The van der Waals surface area contributed by atoms with E-state index in [1.54, 1.807) is 0 Å². The highest BCUT2D eigenvalue weighted by atomic mass is 19.2. The number of benzene rings is 1. The van der Waals surface area contributed by atoms with Gasteiger partial charge in [0.1, 0.15) is 0 Å². The average Bonchev–Trinajstić information content (AvgIpc) is 2.32. The Morgan fingerprint density at radius 1 is 1.29 bits per heavy atom. The third kappa shape index (κ3) is 3.06. The zero-order valence-electron chi connectivity index (χ0n) is 9.47. The Hall–Kier alpha value is -1.36. The number of halogens is 3. The smallest absolute Gasteiger partial charge is 0.195 e. The largest absolute Gasteiger partial charge is 0.321 e. The fourth-order valence-electron chi connectivity index (χ4n) is 1.47. The minimum atomic E-state index is -1.64. The SMILES string of the molecule is CCCCC(N)C(=O)c1ccc(F)c(F)c1F. The number of hydrogen-bond donors (Lipinski definition) is 1. The molecule has 2 N–H and O–H groups in total. The lowest BCUT2D eigenvalue weighted by molar-refractivity contribution is 0.0951. The van der Waals surface area contributed by atoms with E-state index < -0.39 is 34.8 Å². The van der Waals surface area contributed by atoms with Gasteiger partial charge in [-0.05, 0) is 18.6 Å². The van der Waals surface area contributed by atoms with Crippen molar-refractivity contribution in [2.75, 3.05) is 0 Å². The minimum Gasteiger partial charge on any atom is -0.321 e. The van der Waals surface area contributed by atoms with Gasteiger partial charge in [-0.2, -0.15) is 0 Å². The zero-order chi connectivity index (χ0) is 13.0. The molecule has 94 valence electrons. The highest BCUT2D eigenvalue weighted by Gasteiger charge is 2.22. The molecule has 5 heteroatoms. The van der Waals surface area contributed by atoms with Crippen molar-refractivity contribution in [3.05, 3.63) is 35.1 Å². The van der Waals surface area contributed by atoms with Crippen LogP contribution in [0.1, 0.15) is 36.5 Å². The Morgan fingerprint density at radius 3 is 2.53 bits per heavy atom. The van der Waals surface area contributed by atoms with Gasteiger partial charge in [0.05, 0.1) is 11.6 Å². The van der Waals surface area contributed by atoms with Crippen molar-refractivity contribution in [2.45, 2.75) is 32.2 Å². The van der Waals surface area contributed by atoms with Crippen molar-refractivity contribution in [1.29, 1.82) is 0 Å². The number of Topliss-reactive ketones (excluding diaryl/α,β-unsaturated/α-hetero) is 1. The van der Waals surface area contributed by atoms with Crippen molar-refractivity contribution in [1.82, 2.24) is 0 Å². The van der Waals surface area contributed by atoms with Crippen LogP contribution in [0.4, 0.5) is 13.2 Å². The maximum atomic E-state index is 13.3. The Balaban J connectivity index is 2.93. The van der Waals surface area contributed by atoms with Crippen LogP contribution in [0.25, 0.3) is 0 Å². The first-order valence-corrected chi connectivity index (χ1v) is 5.42. The first-order valence-electron chi connectivity index (χ1n) is 5.42. The number of carbonyl (C=O) groups excluding carboxylic acids is 1. The normalized spacial score (nSPS) is 12.5. The molecule has 0 fully saturated rings. The maximum Gasteiger partial charge on any atom is 0.195 e. The summed E-state index contributed by atoms with van der Waals surface area (Å²) in [5.74, 6) is -5.13. The van der Waals surface area contributed by atoms with Crippen LogP contribution in [0.3, 0.4) is 0 Å². The van der Waals surface area contributed by atoms with Gasteiger partial charge in [0.25, 0.3) is 0 Å². The van der Waals surface area contributed by atoms with E-state index in [0.29, 0.717) is 6.42 Å². The van der Waals surface area contributed by atoms with Gasteiger partial charge in [-0.3, -0.25) is 4.79 Å². The topological polar surface area (TPSA) is 43.1 Å². The Labute approximate surface area is 97.6 Å². The summed E-state index contributed by atoms with van der Waals surface area (Å²) in [5.41, 5.74) is 5.07. The highest BCUT2D eigenvalue weighted by Crippen LogP contribution is 2.17. The number of unbranched alkanes of at least 4 members (excludes halogenated alkanes) is 1. The summed E-state index contributed by atoms with van der Waals surface area (Å²) in [6, 6.07) is 0.759. The molecule has 0 saturated carbocycles. The molecule has 2 nitrogen and oxygen atoms in total. The summed E-state index contributed by atoms with van der Waals surface area (Å²) >= 11 is 0. The van der Waals surface area contributed by atoms with Crippen LogP contribution in [-0.2, 0) is 0 Å². The van der Waals surface area contributed by atoms with Gasteiger partial charge in [0.15, 0.2) is 23.2 Å². The second-order valence-electron chi connectivity index (χ2n) is 3.84. The predicted octanol–water partition coefficient (Wildman–Crippen LogP) is 2.80. The van der Waals surface area contributed by atoms with Crippen LogP contribution in [0.15, 0.2) is 12.1 Å². The summed E-state index contributed by atoms with van der Waals surface area (Å²) in [4.78, 5) is 11.7. The molecule has 0 aliphatic heterocycles. The molecule has 0 bridgehead atoms. The average molecular weight is 245 g/mol.